The van der Waals surface area contributed by atoms with Crippen molar-refractivity contribution in [1.82, 2.24) is 15.1 Å². The summed E-state index contributed by atoms with van der Waals surface area (Å²) in [5.41, 5.74) is 6.88. The van der Waals surface area contributed by atoms with Gasteiger partial charge in [-0.2, -0.15) is 0 Å². The number of nitrogens with two attached hydrogens (primary N) is 1. The molecule has 4 aromatic rings. The van der Waals surface area contributed by atoms with Gasteiger partial charge in [0.15, 0.2) is 11.9 Å². The van der Waals surface area contributed by atoms with Gasteiger partial charge in [0.2, 0.25) is 17.7 Å². The summed E-state index contributed by atoms with van der Waals surface area (Å²) in [6.07, 6.45) is 1.40. The minimum Gasteiger partial charge on any atom is -0.479 e. The first-order chi connectivity index (χ1) is 24.1. The zero-order valence-corrected chi connectivity index (χ0v) is 29.5. The van der Waals surface area contributed by atoms with E-state index >= 15 is 0 Å². The fourth-order valence-corrected chi connectivity index (χ4v) is 5.19. The number of likely N-dealkylation sites (N-methyl/N-ethyl adjacent to an activating group) is 3. The number of hydrogen-bond donors (Lipinski definition) is 4. The van der Waals surface area contributed by atoms with E-state index in [0.717, 1.165) is 34.1 Å². The molecular weight excluding hydrogens is 648 g/mol. The van der Waals surface area contributed by atoms with Crippen molar-refractivity contribution in [2.75, 3.05) is 21.1 Å². The van der Waals surface area contributed by atoms with Crippen LogP contribution in [0.15, 0.2) is 115 Å². The summed E-state index contributed by atoms with van der Waals surface area (Å²) < 4.78 is 0. The smallest absolute Gasteiger partial charge is 0.337 e. The fourth-order valence-electron chi connectivity index (χ4n) is 5.19. The fraction of sp³-hybridized carbons (Fsp3) is 0.275. The Labute approximate surface area is 298 Å². The average Bonchev–Trinajstić information content (AvgIpc) is 3.13. The van der Waals surface area contributed by atoms with E-state index in [9.17, 15) is 24.0 Å². The molecule has 3 atom stereocenters. The van der Waals surface area contributed by atoms with E-state index in [4.69, 9.17) is 15.9 Å². The zero-order chi connectivity index (χ0) is 37.7. The number of benzene rings is 4. The van der Waals surface area contributed by atoms with Crippen molar-refractivity contribution in [1.29, 1.82) is 0 Å². The summed E-state index contributed by atoms with van der Waals surface area (Å²) in [4.78, 5) is 65.4. The lowest BCUT2D eigenvalue weighted by atomic mass is 9.98. The van der Waals surface area contributed by atoms with Crippen molar-refractivity contribution in [3.8, 4) is 0 Å². The van der Waals surface area contributed by atoms with Crippen molar-refractivity contribution in [2.24, 2.45) is 5.73 Å². The van der Waals surface area contributed by atoms with Crippen molar-refractivity contribution < 1.29 is 34.2 Å². The molecule has 3 amide bonds. The van der Waals surface area contributed by atoms with Crippen molar-refractivity contribution in [3.63, 3.8) is 0 Å². The summed E-state index contributed by atoms with van der Waals surface area (Å²) in [5, 5.41) is 22.1. The normalized spacial score (nSPS) is 12.9. The minimum atomic E-state index is -1.41. The number of nitrogens with one attached hydrogen (secondary N) is 1. The lowest BCUT2D eigenvalue weighted by Gasteiger charge is -2.34. The highest BCUT2D eigenvalue weighted by Crippen LogP contribution is 2.20. The first-order valence-electron chi connectivity index (χ1n) is 16.4. The van der Waals surface area contributed by atoms with Gasteiger partial charge in [-0.25, -0.2) is 4.79 Å². The molecule has 1 unspecified atom stereocenters. The minimum absolute atomic E-state index is 0.215. The highest BCUT2D eigenvalue weighted by molar-refractivity contribution is 6.03. The molecule has 0 aliphatic carbocycles. The number of nitrogens with zero attached hydrogens (tertiary/aromatic N) is 2. The van der Waals surface area contributed by atoms with E-state index in [-0.39, 0.29) is 12.3 Å². The van der Waals surface area contributed by atoms with Gasteiger partial charge in [0, 0.05) is 40.1 Å². The molecule has 4 aromatic carbocycles. The molecular formula is C40H46N4O7. The van der Waals surface area contributed by atoms with E-state index in [1.807, 2.05) is 72.8 Å². The lowest BCUT2D eigenvalue weighted by Crippen LogP contribution is -2.55. The Morgan fingerprint density at radius 1 is 0.745 bits per heavy atom. The molecule has 0 spiro atoms. The number of carbonyl (C=O) groups is 5. The largest absolute Gasteiger partial charge is 0.479 e. The Balaban J connectivity index is 0.000000542. The molecule has 5 N–H and O–H groups in total. The van der Waals surface area contributed by atoms with E-state index in [0.29, 0.717) is 12.0 Å². The van der Waals surface area contributed by atoms with Crippen LogP contribution in [0.3, 0.4) is 0 Å². The van der Waals surface area contributed by atoms with Crippen LogP contribution in [-0.4, -0.2) is 88.3 Å². The summed E-state index contributed by atoms with van der Waals surface area (Å²) in [5.74, 6) is -2.87. The Morgan fingerprint density at radius 3 is 1.86 bits per heavy atom. The Kier molecular flexibility index (Phi) is 14.3. The molecule has 11 nitrogen and oxygen atoms in total. The second-order valence-corrected chi connectivity index (χ2v) is 12.7. The predicted octanol–water partition coefficient (Wildman–Crippen LogP) is 3.69. The third-order valence-corrected chi connectivity index (χ3v) is 8.34. The Hall–Kier alpha value is -5.65. The van der Waals surface area contributed by atoms with E-state index in [1.54, 1.807) is 51.2 Å². The first kappa shape index (κ1) is 39.8. The number of carboxylic acids is 1. The van der Waals surface area contributed by atoms with Gasteiger partial charge in [-0.05, 0) is 47.4 Å². The predicted molar refractivity (Wildman–Crippen MR) is 196 cm³/mol. The molecule has 0 heterocycles. The van der Waals surface area contributed by atoms with Crippen LogP contribution in [0.5, 0.6) is 0 Å². The molecule has 51 heavy (non-hydrogen) atoms. The van der Waals surface area contributed by atoms with Gasteiger partial charge in [0.25, 0.3) is 0 Å². The molecule has 0 aromatic heterocycles. The highest BCUT2D eigenvalue weighted by Gasteiger charge is 2.34. The first-order valence-corrected chi connectivity index (χ1v) is 16.4. The number of carboxylic acid groups (broad SMARTS) is 1. The van der Waals surface area contributed by atoms with Gasteiger partial charge in [-0.1, -0.05) is 103 Å². The monoisotopic (exact) mass is 694 g/mol. The maximum atomic E-state index is 14.0. The van der Waals surface area contributed by atoms with Crippen LogP contribution in [0.1, 0.15) is 36.6 Å². The van der Waals surface area contributed by atoms with Gasteiger partial charge in [-0.3, -0.25) is 19.2 Å². The number of ketones is 1. The number of carbonyl (C=O) groups excluding carboxylic acids is 4. The maximum absolute atomic E-state index is 14.0. The van der Waals surface area contributed by atoms with E-state index in [1.165, 1.54) is 23.9 Å². The van der Waals surface area contributed by atoms with Crippen LogP contribution in [0.2, 0.25) is 0 Å². The molecule has 268 valence electrons. The third-order valence-electron chi connectivity index (χ3n) is 8.34. The number of aliphatic hydroxyl groups is 1. The van der Waals surface area contributed by atoms with Crippen LogP contribution in [0.25, 0.3) is 10.8 Å². The topological polar surface area (TPSA) is 170 Å². The van der Waals surface area contributed by atoms with Gasteiger partial charge >= 0.3 is 5.97 Å². The summed E-state index contributed by atoms with van der Waals surface area (Å²) in [7, 11) is 4.63. The van der Waals surface area contributed by atoms with Gasteiger partial charge < -0.3 is 31.1 Å². The number of aliphatic carboxylic acids is 1. The molecule has 0 saturated carbocycles. The molecule has 4 rings (SSSR count). The standard InChI is InChI=1S/C32H38N4O4.C8H8O3/c1-32(2,33)28(37)17-18-29(38)35(4)27(21-23-15-16-24-13-9-10-14-25(24)19-23)31(40)36(5)26(30(39)34-3)20-22-11-7-6-8-12-22;9-7(8(10)11)6-4-2-1-3-5-6/h6-19,26-27H,20-21,33H2,1-5H3,(H,34,39);1-5,7,9H,(H,10,11)/b18-17+;/t26-,27-;/m1./s1. The van der Waals surface area contributed by atoms with Gasteiger partial charge in [0.05, 0.1) is 5.54 Å². The maximum Gasteiger partial charge on any atom is 0.337 e. The Bertz CT molecular complexity index is 1840. The van der Waals surface area contributed by atoms with Crippen LogP contribution in [0.4, 0.5) is 0 Å². The lowest BCUT2D eigenvalue weighted by molar-refractivity contribution is -0.147. The number of fused-ring (bicyclic) bond motifs is 1. The summed E-state index contributed by atoms with van der Waals surface area (Å²) in [6, 6.07) is 29.8. The molecule has 0 saturated heterocycles. The number of amides is 3. The van der Waals surface area contributed by atoms with Crippen LogP contribution in [0, 0.1) is 0 Å². The van der Waals surface area contributed by atoms with E-state index in [2.05, 4.69) is 5.32 Å². The van der Waals surface area contributed by atoms with Crippen molar-refractivity contribution >= 4 is 40.2 Å². The van der Waals surface area contributed by atoms with Crippen molar-refractivity contribution in [2.45, 2.75) is 50.4 Å². The number of aliphatic hydroxyl groups excluding tert-OH is 1. The number of hydrogen-bond acceptors (Lipinski definition) is 7. The van der Waals surface area contributed by atoms with Gasteiger partial charge in [0.1, 0.15) is 12.1 Å². The van der Waals surface area contributed by atoms with Gasteiger partial charge in [-0.15, -0.1) is 0 Å². The molecule has 0 radical (unpaired) electrons. The molecule has 11 heteroatoms. The second-order valence-electron chi connectivity index (χ2n) is 12.7. The second kappa shape index (κ2) is 18.4. The number of rotatable bonds is 13. The zero-order valence-electron chi connectivity index (χ0n) is 29.5. The SMILES string of the molecule is CNC(=O)[C@@H](Cc1ccccc1)N(C)C(=O)[C@@H](Cc1ccc2ccccc2c1)N(C)C(=O)/C=C/C(=O)C(C)(C)N.O=C(O)C(O)c1ccccc1. The third kappa shape index (κ3) is 11.4. The molecule has 0 fully saturated rings. The molecule has 0 aliphatic heterocycles. The van der Waals surface area contributed by atoms with Crippen LogP contribution < -0.4 is 11.1 Å². The average molecular weight is 695 g/mol. The molecule has 0 bridgehead atoms. The van der Waals surface area contributed by atoms with Crippen molar-refractivity contribution in [3.05, 3.63) is 132 Å². The highest BCUT2D eigenvalue weighted by atomic mass is 16.4. The van der Waals surface area contributed by atoms with Crippen LogP contribution >= 0.6 is 0 Å². The van der Waals surface area contributed by atoms with E-state index < -0.39 is 47.3 Å². The quantitative estimate of drug-likeness (QED) is 0.154. The Morgan fingerprint density at radius 2 is 1.29 bits per heavy atom. The summed E-state index contributed by atoms with van der Waals surface area (Å²) >= 11 is 0. The molecule has 0 aliphatic rings. The summed E-state index contributed by atoms with van der Waals surface area (Å²) in [6.45, 7) is 3.11. The van der Waals surface area contributed by atoms with Crippen LogP contribution in [-0.2, 0) is 36.8 Å².